The number of fused-ring (bicyclic) bond motifs is 1. The Morgan fingerprint density at radius 2 is 2.07 bits per heavy atom. The van der Waals surface area contributed by atoms with Crippen LogP contribution in [0.2, 0.25) is 0 Å². The molecule has 0 aliphatic carbocycles. The Hall–Kier alpha value is -3.73. The fourth-order valence-corrected chi connectivity index (χ4v) is 3.65. The second kappa shape index (κ2) is 6.46. The molecule has 1 unspecified atom stereocenters. The van der Waals surface area contributed by atoms with Crippen molar-refractivity contribution in [2.45, 2.75) is 32.4 Å². The van der Waals surface area contributed by atoms with E-state index in [9.17, 15) is 19.6 Å². The van der Waals surface area contributed by atoms with E-state index in [0.717, 1.165) is 11.1 Å². The first-order chi connectivity index (χ1) is 13.4. The van der Waals surface area contributed by atoms with Gasteiger partial charge in [0, 0.05) is 24.1 Å². The molecular weight excluding hydrogens is 358 g/mol. The molecule has 0 bridgehead atoms. The number of imide groups is 1. The predicted molar refractivity (Wildman–Crippen MR) is 99.6 cm³/mol. The van der Waals surface area contributed by atoms with Crippen molar-refractivity contribution >= 4 is 23.5 Å². The molecule has 3 amide bonds. The van der Waals surface area contributed by atoms with Crippen LogP contribution in [0, 0.1) is 18.3 Å². The van der Waals surface area contributed by atoms with Crippen molar-refractivity contribution in [1.29, 1.82) is 5.26 Å². The second-order valence-corrected chi connectivity index (χ2v) is 6.97. The third-order valence-electron chi connectivity index (χ3n) is 5.17. The minimum atomic E-state index is -0.663. The maximum atomic E-state index is 12.8. The fourth-order valence-electron chi connectivity index (χ4n) is 3.65. The average Bonchev–Trinajstić information content (AvgIpc) is 2.99. The van der Waals surface area contributed by atoms with Crippen LogP contribution in [0.3, 0.4) is 0 Å². The van der Waals surface area contributed by atoms with Crippen molar-refractivity contribution < 1.29 is 14.4 Å². The van der Waals surface area contributed by atoms with Crippen LogP contribution in [-0.4, -0.2) is 33.6 Å². The molecule has 3 heterocycles. The van der Waals surface area contributed by atoms with E-state index in [4.69, 9.17) is 5.73 Å². The van der Waals surface area contributed by atoms with Gasteiger partial charge in [0.05, 0.1) is 11.3 Å². The summed E-state index contributed by atoms with van der Waals surface area (Å²) < 4.78 is 0. The molecule has 4 rings (SSSR count). The maximum absolute atomic E-state index is 12.8. The number of amides is 3. The predicted octanol–water partition coefficient (Wildman–Crippen LogP) is 1.27. The quantitative estimate of drug-likeness (QED) is 0.761. The molecule has 0 radical (unpaired) electrons. The van der Waals surface area contributed by atoms with Gasteiger partial charge in [-0.3, -0.25) is 19.7 Å². The number of nitriles is 1. The lowest BCUT2D eigenvalue weighted by molar-refractivity contribution is -0.136. The van der Waals surface area contributed by atoms with Crippen molar-refractivity contribution in [3.05, 3.63) is 46.5 Å². The Bertz CT molecular complexity index is 1090. The van der Waals surface area contributed by atoms with E-state index in [1.807, 2.05) is 0 Å². The zero-order valence-corrected chi connectivity index (χ0v) is 15.2. The Morgan fingerprint density at radius 3 is 2.79 bits per heavy atom. The van der Waals surface area contributed by atoms with Gasteiger partial charge in [-0.25, -0.2) is 4.98 Å². The number of nitrogen functional groups attached to an aromatic ring is 1. The van der Waals surface area contributed by atoms with Crippen LogP contribution in [0.25, 0.3) is 11.3 Å². The number of aromatic nitrogens is 1. The molecule has 8 nitrogen and oxygen atoms in total. The summed E-state index contributed by atoms with van der Waals surface area (Å²) in [7, 11) is 0. The number of pyridine rings is 1. The summed E-state index contributed by atoms with van der Waals surface area (Å²) in [5, 5.41) is 11.7. The van der Waals surface area contributed by atoms with E-state index in [0.29, 0.717) is 34.6 Å². The van der Waals surface area contributed by atoms with Gasteiger partial charge in [-0.2, -0.15) is 5.26 Å². The number of benzene rings is 1. The van der Waals surface area contributed by atoms with Gasteiger partial charge in [0.15, 0.2) is 0 Å². The Morgan fingerprint density at radius 1 is 1.29 bits per heavy atom. The Balaban J connectivity index is 1.69. The topological polar surface area (TPSA) is 129 Å². The summed E-state index contributed by atoms with van der Waals surface area (Å²) in [5.41, 5.74) is 9.42. The molecule has 2 aliphatic rings. The highest BCUT2D eigenvalue weighted by atomic mass is 16.2. The van der Waals surface area contributed by atoms with E-state index in [1.54, 1.807) is 31.2 Å². The molecule has 2 aromatic rings. The Kier molecular flexibility index (Phi) is 4.08. The molecule has 3 N–H and O–H groups in total. The van der Waals surface area contributed by atoms with Gasteiger partial charge in [-0.1, -0.05) is 6.07 Å². The number of anilines is 1. The van der Waals surface area contributed by atoms with Crippen molar-refractivity contribution in [3.63, 3.8) is 0 Å². The molecule has 2 aliphatic heterocycles. The third kappa shape index (κ3) is 2.77. The summed E-state index contributed by atoms with van der Waals surface area (Å²) >= 11 is 0. The lowest BCUT2D eigenvalue weighted by Gasteiger charge is -2.29. The van der Waals surface area contributed by atoms with Gasteiger partial charge in [0.2, 0.25) is 11.8 Å². The third-order valence-corrected chi connectivity index (χ3v) is 5.17. The largest absolute Gasteiger partial charge is 0.383 e. The molecule has 28 heavy (non-hydrogen) atoms. The van der Waals surface area contributed by atoms with E-state index < -0.39 is 11.9 Å². The van der Waals surface area contributed by atoms with E-state index in [-0.39, 0.29) is 24.8 Å². The van der Waals surface area contributed by atoms with Crippen molar-refractivity contribution in [3.8, 4) is 17.3 Å². The number of carbonyl (C=O) groups is 3. The number of aryl methyl sites for hydroxylation is 1. The minimum Gasteiger partial charge on any atom is -0.383 e. The van der Waals surface area contributed by atoms with Crippen molar-refractivity contribution in [2.24, 2.45) is 0 Å². The normalized spacial score (nSPS) is 18.6. The smallest absolute Gasteiger partial charge is 0.255 e. The lowest BCUT2D eigenvalue weighted by atomic mass is 10.0. The first kappa shape index (κ1) is 17.7. The highest BCUT2D eigenvalue weighted by Crippen LogP contribution is 2.32. The molecule has 1 saturated heterocycles. The number of hydrogen-bond acceptors (Lipinski definition) is 6. The maximum Gasteiger partial charge on any atom is 0.255 e. The van der Waals surface area contributed by atoms with E-state index >= 15 is 0 Å². The molecule has 1 atom stereocenters. The molecule has 1 fully saturated rings. The van der Waals surface area contributed by atoms with Crippen LogP contribution < -0.4 is 11.1 Å². The van der Waals surface area contributed by atoms with Crippen LogP contribution in [-0.2, 0) is 16.1 Å². The summed E-state index contributed by atoms with van der Waals surface area (Å²) in [5.74, 6) is -0.666. The Labute approximate surface area is 161 Å². The number of rotatable bonds is 2. The number of nitrogens with one attached hydrogen (secondary N) is 1. The van der Waals surface area contributed by atoms with E-state index in [2.05, 4.69) is 16.4 Å². The highest BCUT2D eigenvalue weighted by molar-refractivity contribution is 6.05. The van der Waals surface area contributed by atoms with Crippen LogP contribution in [0.1, 0.15) is 39.9 Å². The van der Waals surface area contributed by atoms with E-state index in [1.165, 1.54) is 4.90 Å². The first-order valence-electron chi connectivity index (χ1n) is 8.84. The molecule has 8 heteroatoms. The number of nitrogens with zero attached hydrogens (tertiary/aromatic N) is 3. The second-order valence-electron chi connectivity index (χ2n) is 6.97. The molecule has 1 aromatic heterocycles. The first-order valence-corrected chi connectivity index (χ1v) is 8.84. The fraction of sp³-hybridized carbons (Fsp3) is 0.250. The number of carbonyl (C=O) groups excluding carboxylic acids is 3. The average molecular weight is 375 g/mol. The van der Waals surface area contributed by atoms with Crippen molar-refractivity contribution in [1.82, 2.24) is 15.2 Å². The summed E-state index contributed by atoms with van der Waals surface area (Å²) in [6.07, 6.45) is 0.520. The molecule has 1 aromatic carbocycles. The molecule has 140 valence electrons. The lowest BCUT2D eigenvalue weighted by Crippen LogP contribution is -2.52. The SMILES string of the molecule is Cc1cc(C#N)c(-c2ccc3c(c2)CN(C2CCC(=O)NC2=O)C3=O)nc1N. The van der Waals surface area contributed by atoms with Gasteiger partial charge >= 0.3 is 0 Å². The van der Waals surface area contributed by atoms with Crippen LogP contribution in [0.5, 0.6) is 0 Å². The number of nitrogens with two attached hydrogens (primary N) is 1. The van der Waals surface area contributed by atoms with Gasteiger partial charge in [-0.15, -0.1) is 0 Å². The van der Waals surface area contributed by atoms with Crippen LogP contribution in [0.4, 0.5) is 5.82 Å². The van der Waals surface area contributed by atoms with Gasteiger partial charge in [0.25, 0.3) is 5.91 Å². The van der Waals surface area contributed by atoms with Gasteiger partial charge in [-0.05, 0) is 42.7 Å². The molecule has 0 spiro atoms. The van der Waals surface area contributed by atoms with Gasteiger partial charge < -0.3 is 10.6 Å². The molecular formula is C20H17N5O3. The number of piperidine rings is 1. The number of hydrogen-bond donors (Lipinski definition) is 2. The summed E-state index contributed by atoms with van der Waals surface area (Å²) in [4.78, 5) is 42.1. The van der Waals surface area contributed by atoms with Crippen LogP contribution in [0.15, 0.2) is 24.3 Å². The highest BCUT2D eigenvalue weighted by Gasteiger charge is 2.39. The summed E-state index contributed by atoms with van der Waals surface area (Å²) in [6, 6.07) is 8.36. The molecule has 0 saturated carbocycles. The van der Waals surface area contributed by atoms with Crippen molar-refractivity contribution in [2.75, 3.05) is 5.73 Å². The monoisotopic (exact) mass is 375 g/mol. The summed E-state index contributed by atoms with van der Waals surface area (Å²) in [6.45, 7) is 2.05. The zero-order chi connectivity index (χ0) is 20.0. The zero-order valence-electron chi connectivity index (χ0n) is 15.2. The minimum absolute atomic E-state index is 0.208. The van der Waals surface area contributed by atoms with Gasteiger partial charge in [0.1, 0.15) is 17.9 Å². The van der Waals surface area contributed by atoms with Crippen LogP contribution >= 0.6 is 0 Å². The standard InChI is InChI=1S/C20H17N5O3/c1-10-6-12(8-21)17(24-18(10)22)11-2-3-14-13(7-11)9-25(20(14)28)15-4-5-16(26)23-19(15)27/h2-3,6-7,15H,4-5,9H2,1H3,(H2,22,24)(H,23,26,27).